The predicted octanol–water partition coefficient (Wildman–Crippen LogP) is 3.34. The summed E-state index contributed by atoms with van der Waals surface area (Å²) >= 11 is 0. The van der Waals surface area contributed by atoms with Gasteiger partial charge in [0, 0.05) is 25.5 Å². The summed E-state index contributed by atoms with van der Waals surface area (Å²) in [5.41, 5.74) is -0.667. The SMILES string of the molecule is COCC(C)Nc1nccn1-c1ccccc1C(F)(F)F. The molecule has 2 aromatic rings. The molecule has 0 aliphatic rings. The first kappa shape index (κ1) is 15.4. The molecule has 1 aromatic heterocycles. The molecule has 1 N–H and O–H groups in total. The third kappa shape index (κ3) is 3.55. The Morgan fingerprint density at radius 2 is 2.05 bits per heavy atom. The van der Waals surface area contributed by atoms with Crippen molar-refractivity contribution < 1.29 is 17.9 Å². The Labute approximate surface area is 120 Å². The third-order valence-corrected chi connectivity index (χ3v) is 2.90. The summed E-state index contributed by atoms with van der Waals surface area (Å²) < 4.78 is 45.6. The molecule has 0 aliphatic heterocycles. The summed E-state index contributed by atoms with van der Waals surface area (Å²) in [6.07, 6.45) is -1.47. The average Bonchev–Trinajstić information content (AvgIpc) is 2.86. The number of para-hydroxylation sites is 1. The van der Waals surface area contributed by atoms with Crippen LogP contribution in [0.2, 0.25) is 0 Å². The van der Waals surface area contributed by atoms with Crippen molar-refractivity contribution in [2.24, 2.45) is 0 Å². The monoisotopic (exact) mass is 299 g/mol. The Hall–Kier alpha value is -2.02. The number of nitrogens with zero attached hydrogens (tertiary/aromatic N) is 2. The number of hydrogen-bond donors (Lipinski definition) is 1. The van der Waals surface area contributed by atoms with Crippen LogP contribution >= 0.6 is 0 Å². The van der Waals surface area contributed by atoms with Gasteiger partial charge in [0.25, 0.3) is 0 Å². The van der Waals surface area contributed by atoms with Crippen LogP contribution in [0.4, 0.5) is 19.1 Å². The fourth-order valence-corrected chi connectivity index (χ4v) is 2.04. The zero-order valence-corrected chi connectivity index (χ0v) is 11.7. The first-order valence-electron chi connectivity index (χ1n) is 6.39. The summed E-state index contributed by atoms with van der Waals surface area (Å²) in [6.45, 7) is 2.28. The first-order chi connectivity index (χ1) is 9.93. The molecular formula is C14H16F3N3O. The van der Waals surface area contributed by atoms with Crippen molar-refractivity contribution in [2.45, 2.75) is 19.1 Å². The lowest BCUT2D eigenvalue weighted by Gasteiger charge is -2.18. The Morgan fingerprint density at radius 3 is 2.71 bits per heavy atom. The zero-order chi connectivity index (χ0) is 15.5. The number of halogens is 3. The molecule has 1 heterocycles. The van der Waals surface area contributed by atoms with E-state index in [9.17, 15) is 13.2 Å². The zero-order valence-electron chi connectivity index (χ0n) is 11.7. The lowest BCUT2D eigenvalue weighted by atomic mass is 10.1. The van der Waals surface area contributed by atoms with Crippen molar-refractivity contribution in [3.63, 3.8) is 0 Å². The highest BCUT2D eigenvalue weighted by molar-refractivity contribution is 5.48. The predicted molar refractivity (Wildman–Crippen MR) is 73.5 cm³/mol. The van der Waals surface area contributed by atoms with Gasteiger partial charge in [0.15, 0.2) is 0 Å². The van der Waals surface area contributed by atoms with Gasteiger partial charge in [0.2, 0.25) is 5.95 Å². The van der Waals surface area contributed by atoms with E-state index in [1.807, 2.05) is 6.92 Å². The van der Waals surface area contributed by atoms with Crippen molar-refractivity contribution >= 4 is 5.95 Å². The highest BCUT2D eigenvalue weighted by atomic mass is 19.4. The fourth-order valence-electron chi connectivity index (χ4n) is 2.04. The van der Waals surface area contributed by atoms with E-state index in [1.165, 1.54) is 29.1 Å². The maximum Gasteiger partial charge on any atom is 0.418 e. The number of anilines is 1. The van der Waals surface area contributed by atoms with Crippen molar-refractivity contribution in [2.75, 3.05) is 19.0 Å². The Balaban J connectivity index is 2.38. The van der Waals surface area contributed by atoms with E-state index < -0.39 is 11.7 Å². The normalized spacial score (nSPS) is 13.2. The van der Waals surface area contributed by atoms with Gasteiger partial charge in [0.05, 0.1) is 17.9 Å². The van der Waals surface area contributed by atoms with Crippen LogP contribution in [0.15, 0.2) is 36.7 Å². The van der Waals surface area contributed by atoms with E-state index in [2.05, 4.69) is 10.3 Å². The summed E-state index contributed by atoms with van der Waals surface area (Å²) in [5.74, 6) is 0.344. The molecule has 0 amide bonds. The van der Waals surface area contributed by atoms with Gasteiger partial charge in [-0.15, -0.1) is 0 Å². The van der Waals surface area contributed by atoms with Gasteiger partial charge in [-0.05, 0) is 19.1 Å². The second kappa shape index (κ2) is 6.17. The minimum Gasteiger partial charge on any atom is -0.383 e. The number of benzene rings is 1. The Morgan fingerprint density at radius 1 is 1.33 bits per heavy atom. The lowest BCUT2D eigenvalue weighted by molar-refractivity contribution is -0.137. The van der Waals surface area contributed by atoms with Gasteiger partial charge in [-0.1, -0.05) is 12.1 Å². The lowest BCUT2D eigenvalue weighted by Crippen LogP contribution is -2.23. The van der Waals surface area contributed by atoms with Crippen LogP contribution in [0.3, 0.4) is 0 Å². The fraction of sp³-hybridized carbons (Fsp3) is 0.357. The number of aromatic nitrogens is 2. The van der Waals surface area contributed by atoms with Gasteiger partial charge in [-0.3, -0.25) is 4.57 Å². The standard InChI is InChI=1S/C14H16F3N3O/c1-10(9-21-2)19-13-18-7-8-20(13)12-6-4-3-5-11(12)14(15,16)17/h3-8,10H,9H2,1-2H3,(H,18,19). The molecule has 0 saturated carbocycles. The van der Waals surface area contributed by atoms with Crippen molar-refractivity contribution in [1.29, 1.82) is 0 Å². The third-order valence-electron chi connectivity index (χ3n) is 2.90. The molecule has 114 valence electrons. The molecule has 0 saturated heterocycles. The van der Waals surface area contributed by atoms with Gasteiger partial charge in [-0.2, -0.15) is 13.2 Å². The van der Waals surface area contributed by atoms with Crippen LogP contribution in [0.1, 0.15) is 12.5 Å². The van der Waals surface area contributed by atoms with Crippen molar-refractivity contribution in [3.05, 3.63) is 42.2 Å². The summed E-state index contributed by atoms with van der Waals surface area (Å²) in [7, 11) is 1.56. The van der Waals surface area contributed by atoms with Crippen LogP contribution in [0, 0.1) is 0 Å². The maximum absolute atomic E-state index is 13.1. The number of imidazole rings is 1. The molecule has 1 aromatic carbocycles. The molecule has 0 bridgehead atoms. The van der Waals surface area contributed by atoms with Crippen LogP contribution < -0.4 is 5.32 Å². The molecule has 7 heteroatoms. The molecule has 0 aliphatic carbocycles. The van der Waals surface area contributed by atoms with E-state index in [0.29, 0.717) is 12.6 Å². The summed E-state index contributed by atoms with van der Waals surface area (Å²) in [6, 6.07) is 5.32. The van der Waals surface area contributed by atoms with Gasteiger partial charge >= 0.3 is 6.18 Å². The van der Waals surface area contributed by atoms with Crippen LogP contribution in [-0.2, 0) is 10.9 Å². The summed E-state index contributed by atoms with van der Waals surface area (Å²) in [4.78, 5) is 4.07. The van der Waals surface area contributed by atoms with Crippen LogP contribution in [0.5, 0.6) is 0 Å². The average molecular weight is 299 g/mol. The minimum absolute atomic E-state index is 0.0367. The Bertz CT molecular complexity index is 595. The molecule has 0 fully saturated rings. The number of methoxy groups -OCH3 is 1. The number of hydrogen-bond acceptors (Lipinski definition) is 3. The molecule has 0 spiro atoms. The number of rotatable bonds is 5. The second-order valence-electron chi connectivity index (χ2n) is 4.64. The quantitative estimate of drug-likeness (QED) is 0.920. The molecule has 21 heavy (non-hydrogen) atoms. The van der Waals surface area contributed by atoms with Gasteiger partial charge in [0.1, 0.15) is 0 Å². The van der Waals surface area contributed by atoms with Crippen molar-refractivity contribution in [1.82, 2.24) is 9.55 Å². The molecule has 1 atom stereocenters. The smallest absolute Gasteiger partial charge is 0.383 e. The largest absolute Gasteiger partial charge is 0.418 e. The van der Waals surface area contributed by atoms with E-state index in [1.54, 1.807) is 13.2 Å². The van der Waals surface area contributed by atoms with E-state index in [0.717, 1.165) is 6.07 Å². The number of ether oxygens (including phenoxy) is 1. The molecule has 4 nitrogen and oxygen atoms in total. The number of alkyl halides is 3. The van der Waals surface area contributed by atoms with Crippen molar-refractivity contribution in [3.8, 4) is 5.69 Å². The minimum atomic E-state index is -4.42. The topological polar surface area (TPSA) is 39.1 Å². The first-order valence-corrected chi connectivity index (χ1v) is 6.39. The van der Waals surface area contributed by atoms with Gasteiger partial charge < -0.3 is 10.1 Å². The van der Waals surface area contributed by atoms with E-state index in [4.69, 9.17) is 4.74 Å². The summed E-state index contributed by atoms with van der Waals surface area (Å²) in [5, 5.41) is 3.03. The molecule has 2 rings (SSSR count). The Kier molecular flexibility index (Phi) is 4.52. The highest BCUT2D eigenvalue weighted by Crippen LogP contribution is 2.34. The number of nitrogens with one attached hydrogen (secondary N) is 1. The van der Waals surface area contributed by atoms with Gasteiger partial charge in [-0.25, -0.2) is 4.98 Å². The molecule has 1 unspecified atom stereocenters. The van der Waals surface area contributed by atoms with E-state index in [-0.39, 0.29) is 11.7 Å². The van der Waals surface area contributed by atoms with Crippen LogP contribution in [0.25, 0.3) is 5.69 Å². The second-order valence-corrected chi connectivity index (χ2v) is 4.64. The highest BCUT2D eigenvalue weighted by Gasteiger charge is 2.34. The molecule has 0 radical (unpaired) electrons. The maximum atomic E-state index is 13.1. The van der Waals surface area contributed by atoms with E-state index >= 15 is 0 Å². The van der Waals surface area contributed by atoms with Crippen LogP contribution in [-0.4, -0.2) is 29.3 Å². The molecular weight excluding hydrogens is 283 g/mol.